The largest absolute Gasteiger partial charge is 0.396 e. The number of anilines is 1. The third kappa shape index (κ3) is 4.16. The molecule has 0 aromatic heterocycles. The van der Waals surface area contributed by atoms with Gasteiger partial charge in [-0.25, -0.2) is 4.79 Å². The van der Waals surface area contributed by atoms with Crippen LogP contribution in [-0.2, 0) is 0 Å². The van der Waals surface area contributed by atoms with Gasteiger partial charge in [-0.15, -0.1) is 0 Å². The first-order valence-electron chi connectivity index (χ1n) is 8.74. The molecule has 5 heteroatoms. The Kier molecular flexibility index (Phi) is 5.39. The molecule has 3 N–H and O–H groups in total. The Labute approximate surface area is 138 Å². The molecule has 0 unspecified atom stereocenters. The minimum absolute atomic E-state index is 0.0877. The van der Waals surface area contributed by atoms with E-state index in [0.717, 1.165) is 45.2 Å². The molecule has 1 aromatic rings. The van der Waals surface area contributed by atoms with Gasteiger partial charge in [0.05, 0.1) is 0 Å². The number of amides is 2. The van der Waals surface area contributed by atoms with Crippen LogP contribution in [-0.4, -0.2) is 42.9 Å². The van der Waals surface area contributed by atoms with E-state index in [9.17, 15) is 9.90 Å². The van der Waals surface area contributed by atoms with Crippen molar-refractivity contribution in [2.75, 3.05) is 24.6 Å². The molecule has 0 radical (unpaired) electrons. The molecule has 2 aliphatic rings. The number of carbonyl (C=O) groups is 1. The summed E-state index contributed by atoms with van der Waals surface area (Å²) in [5.41, 5.74) is 1.22. The maximum Gasteiger partial charge on any atom is 0.315 e. The fourth-order valence-electron chi connectivity index (χ4n) is 3.81. The van der Waals surface area contributed by atoms with E-state index in [4.69, 9.17) is 0 Å². The number of hydrogen-bond acceptors (Lipinski definition) is 3. The highest BCUT2D eigenvalue weighted by atomic mass is 16.3. The van der Waals surface area contributed by atoms with Gasteiger partial charge in [0.15, 0.2) is 0 Å². The van der Waals surface area contributed by atoms with Crippen molar-refractivity contribution in [3.8, 4) is 0 Å². The molecule has 3 atom stereocenters. The van der Waals surface area contributed by atoms with E-state index < -0.39 is 0 Å². The second-order valence-corrected chi connectivity index (χ2v) is 6.72. The third-order valence-electron chi connectivity index (χ3n) is 5.09. The summed E-state index contributed by atoms with van der Waals surface area (Å²) in [6.45, 7) is 2.06. The smallest absolute Gasteiger partial charge is 0.315 e. The fraction of sp³-hybridized carbons (Fsp3) is 0.611. The van der Waals surface area contributed by atoms with Crippen LogP contribution in [0.4, 0.5) is 10.5 Å². The van der Waals surface area contributed by atoms with Crippen molar-refractivity contribution < 1.29 is 9.90 Å². The van der Waals surface area contributed by atoms with E-state index >= 15 is 0 Å². The Bertz CT molecular complexity index is 508. The summed E-state index contributed by atoms with van der Waals surface area (Å²) in [6, 6.07) is 10.6. The number of hydrogen-bond donors (Lipinski definition) is 3. The summed E-state index contributed by atoms with van der Waals surface area (Å²) in [5, 5.41) is 15.5. The lowest BCUT2D eigenvalue weighted by molar-refractivity contribution is 0.197. The molecule has 2 amide bonds. The van der Waals surface area contributed by atoms with E-state index in [2.05, 4.69) is 27.7 Å². The van der Waals surface area contributed by atoms with E-state index in [1.807, 2.05) is 18.2 Å². The number of benzene rings is 1. The van der Waals surface area contributed by atoms with Crippen LogP contribution in [0.2, 0.25) is 0 Å². The molecular formula is C18H27N3O2. The molecule has 1 aliphatic carbocycles. The quantitative estimate of drug-likeness (QED) is 0.797. The first-order valence-corrected chi connectivity index (χ1v) is 8.74. The molecule has 1 aliphatic heterocycles. The van der Waals surface area contributed by atoms with Crippen LogP contribution >= 0.6 is 0 Å². The Balaban J connectivity index is 1.50. The summed E-state index contributed by atoms with van der Waals surface area (Å²) in [6.07, 6.45) is 5.17. The Morgan fingerprint density at radius 3 is 2.74 bits per heavy atom. The number of nitrogens with one attached hydrogen (secondary N) is 2. The van der Waals surface area contributed by atoms with Gasteiger partial charge in [-0.05, 0) is 37.8 Å². The highest BCUT2D eigenvalue weighted by Crippen LogP contribution is 2.25. The number of aliphatic hydroxyl groups excluding tert-OH is 1. The van der Waals surface area contributed by atoms with E-state index in [1.165, 1.54) is 5.69 Å². The first-order chi connectivity index (χ1) is 11.3. The van der Waals surface area contributed by atoms with Crippen LogP contribution in [0.25, 0.3) is 0 Å². The molecule has 126 valence electrons. The third-order valence-corrected chi connectivity index (χ3v) is 5.09. The summed E-state index contributed by atoms with van der Waals surface area (Å²) in [4.78, 5) is 14.6. The van der Waals surface area contributed by atoms with E-state index in [-0.39, 0.29) is 30.6 Å². The maximum atomic E-state index is 12.2. The predicted octanol–water partition coefficient (Wildman–Crippen LogP) is 2.12. The lowest BCUT2D eigenvalue weighted by Crippen LogP contribution is -2.53. The zero-order valence-electron chi connectivity index (χ0n) is 13.6. The number of carbonyl (C=O) groups excluding carboxylic acids is 1. The van der Waals surface area contributed by atoms with Gasteiger partial charge in [0.1, 0.15) is 0 Å². The number of urea groups is 1. The monoisotopic (exact) mass is 317 g/mol. The van der Waals surface area contributed by atoms with Crippen LogP contribution in [0, 0.1) is 5.92 Å². The lowest BCUT2D eigenvalue weighted by atomic mass is 10.0. The zero-order chi connectivity index (χ0) is 16.1. The Morgan fingerprint density at radius 1 is 1.13 bits per heavy atom. The van der Waals surface area contributed by atoms with Crippen molar-refractivity contribution in [2.45, 2.75) is 44.2 Å². The fourth-order valence-corrected chi connectivity index (χ4v) is 3.81. The first kappa shape index (κ1) is 16.1. The standard InChI is InChI=1S/C18H27N3O2/c22-13-14-6-4-10-17(14)20-18(23)19-15-7-5-11-21(12-15)16-8-2-1-3-9-16/h1-3,8-9,14-15,17,22H,4-7,10-13H2,(H2,19,20,23)/t14-,15-,17-/m1/s1. The molecule has 1 heterocycles. The summed E-state index contributed by atoms with van der Waals surface area (Å²) < 4.78 is 0. The second-order valence-electron chi connectivity index (χ2n) is 6.72. The maximum absolute atomic E-state index is 12.2. The van der Waals surface area contributed by atoms with Gasteiger partial charge < -0.3 is 20.6 Å². The summed E-state index contributed by atoms with van der Waals surface area (Å²) >= 11 is 0. The molecule has 1 saturated heterocycles. The molecule has 5 nitrogen and oxygen atoms in total. The second kappa shape index (κ2) is 7.68. The highest BCUT2D eigenvalue weighted by Gasteiger charge is 2.29. The van der Waals surface area contributed by atoms with Crippen LogP contribution in [0.15, 0.2) is 30.3 Å². The molecule has 23 heavy (non-hydrogen) atoms. The van der Waals surface area contributed by atoms with Crippen LogP contribution in [0.5, 0.6) is 0 Å². The van der Waals surface area contributed by atoms with Crippen molar-refractivity contribution in [3.05, 3.63) is 30.3 Å². The Hall–Kier alpha value is -1.75. The van der Waals surface area contributed by atoms with Crippen molar-refractivity contribution in [3.63, 3.8) is 0 Å². The van der Waals surface area contributed by atoms with Gasteiger partial charge in [0.25, 0.3) is 0 Å². The zero-order valence-corrected chi connectivity index (χ0v) is 13.6. The highest BCUT2D eigenvalue weighted by molar-refractivity contribution is 5.74. The van der Waals surface area contributed by atoms with Gasteiger partial charge in [0.2, 0.25) is 0 Å². The molecule has 0 bridgehead atoms. The van der Waals surface area contributed by atoms with Gasteiger partial charge >= 0.3 is 6.03 Å². The number of nitrogens with zero attached hydrogens (tertiary/aromatic N) is 1. The van der Waals surface area contributed by atoms with Crippen LogP contribution < -0.4 is 15.5 Å². The number of piperidine rings is 1. The van der Waals surface area contributed by atoms with Crippen molar-refractivity contribution in [1.29, 1.82) is 0 Å². The lowest BCUT2D eigenvalue weighted by Gasteiger charge is -2.35. The molecule has 0 spiro atoms. The van der Waals surface area contributed by atoms with Crippen molar-refractivity contribution in [2.24, 2.45) is 5.92 Å². The summed E-state index contributed by atoms with van der Waals surface area (Å²) in [5.74, 6) is 0.216. The summed E-state index contributed by atoms with van der Waals surface area (Å²) in [7, 11) is 0. The number of rotatable bonds is 4. The van der Waals surface area contributed by atoms with Crippen molar-refractivity contribution >= 4 is 11.7 Å². The number of para-hydroxylation sites is 1. The van der Waals surface area contributed by atoms with Gasteiger partial charge in [-0.1, -0.05) is 24.6 Å². The minimum atomic E-state index is -0.0877. The molecule has 1 aromatic carbocycles. The number of aliphatic hydroxyl groups is 1. The van der Waals surface area contributed by atoms with Gasteiger partial charge in [-0.2, -0.15) is 0 Å². The molecule has 1 saturated carbocycles. The van der Waals surface area contributed by atoms with Crippen LogP contribution in [0.1, 0.15) is 32.1 Å². The SMILES string of the molecule is O=C(N[C@@H]1CCCN(c2ccccc2)C1)N[C@@H]1CCC[C@@H]1CO. The van der Waals surface area contributed by atoms with E-state index in [1.54, 1.807) is 0 Å². The minimum Gasteiger partial charge on any atom is -0.396 e. The normalized spacial score (nSPS) is 27.7. The molecule has 3 rings (SSSR count). The average molecular weight is 317 g/mol. The average Bonchev–Trinajstić information content (AvgIpc) is 3.03. The topological polar surface area (TPSA) is 64.6 Å². The predicted molar refractivity (Wildman–Crippen MR) is 91.6 cm³/mol. The van der Waals surface area contributed by atoms with E-state index in [0.29, 0.717) is 0 Å². The van der Waals surface area contributed by atoms with Crippen LogP contribution in [0.3, 0.4) is 0 Å². The molecular weight excluding hydrogens is 290 g/mol. The Morgan fingerprint density at radius 2 is 1.96 bits per heavy atom. The van der Waals surface area contributed by atoms with Crippen molar-refractivity contribution in [1.82, 2.24) is 10.6 Å². The van der Waals surface area contributed by atoms with Gasteiger partial charge in [0, 0.05) is 43.4 Å². The van der Waals surface area contributed by atoms with Gasteiger partial charge in [-0.3, -0.25) is 0 Å². The molecule has 2 fully saturated rings.